The summed E-state index contributed by atoms with van der Waals surface area (Å²) in [5.41, 5.74) is -0.536. The lowest BCUT2D eigenvalue weighted by Gasteiger charge is -2.51. The van der Waals surface area contributed by atoms with E-state index < -0.39 is 17.3 Å². The minimum absolute atomic E-state index is 0.00604. The van der Waals surface area contributed by atoms with Crippen molar-refractivity contribution in [1.29, 1.82) is 0 Å². The van der Waals surface area contributed by atoms with Crippen LogP contribution in [0.5, 0.6) is 0 Å². The number of benzene rings is 1. The number of halogens is 3. The van der Waals surface area contributed by atoms with Gasteiger partial charge in [0, 0.05) is 44.6 Å². The van der Waals surface area contributed by atoms with Gasteiger partial charge in [0.1, 0.15) is 0 Å². The van der Waals surface area contributed by atoms with E-state index in [9.17, 15) is 23.1 Å². The molecule has 1 aromatic carbocycles. The zero-order chi connectivity index (χ0) is 19.9. The van der Waals surface area contributed by atoms with Crippen LogP contribution in [0.2, 0.25) is 0 Å². The van der Waals surface area contributed by atoms with Gasteiger partial charge in [0.05, 0.1) is 11.2 Å². The molecule has 28 heavy (non-hydrogen) atoms. The molecule has 0 bridgehead atoms. The fourth-order valence-electron chi connectivity index (χ4n) is 4.69. The maximum absolute atomic E-state index is 12.7. The van der Waals surface area contributed by atoms with E-state index in [2.05, 4.69) is 4.90 Å². The van der Waals surface area contributed by atoms with Gasteiger partial charge in [-0.25, -0.2) is 0 Å². The summed E-state index contributed by atoms with van der Waals surface area (Å²) in [6.07, 6.45) is 0.0137. The molecule has 1 aromatic rings. The summed E-state index contributed by atoms with van der Waals surface area (Å²) in [6.45, 7) is 3.13. The van der Waals surface area contributed by atoms with E-state index in [0.717, 1.165) is 37.0 Å². The van der Waals surface area contributed by atoms with Crippen molar-refractivity contribution in [2.75, 3.05) is 26.2 Å². The van der Waals surface area contributed by atoms with E-state index in [1.807, 2.05) is 4.90 Å². The molecule has 4 nitrogen and oxygen atoms in total. The molecule has 0 aromatic heterocycles. The molecule has 2 aliphatic heterocycles. The molecule has 1 aliphatic carbocycles. The number of piperidine rings is 2. The topological polar surface area (TPSA) is 43.8 Å². The van der Waals surface area contributed by atoms with Gasteiger partial charge in [0.2, 0.25) is 5.91 Å². The maximum atomic E-state index is 12.7. The molecule has 0 spiro atoms. The molecule has 1 amide bonds. The third-order valence-electron chi connectivity index (χ3n) is 6.81. The Labute approximate surface area is 163 Å². The first kappa shape index (κ1) is 19.7. The second kappa shape index (κ2) is 7.34. The Kier molecular flexibility index (Phi) is 5.16. The molecular formula is C21H27F3N2O2. The van der Waals surface area contributed by atoms with E-state index in [1.54, 1.807) is 0 Å². The zero-order valence-electron chi connectivity index (χ0n) is 15.9. The Morgan fingerprint density at radius 2 is 1.79 bits per heavy atom. The number of hydrogen-bond donors (Lipinski definition) is 1. The SMILES string of the molecule is O=C(C1CCC1)N1CC[C@@]2(O)CCN(Cc3ccc(C(F)(F)F)cc3)C[C@H]2C1. The van der Waals surface area contributed by atoms with Crippen LogP contribution in [-0.2, 0) is 17.5 Å². The Hall–Kier alpha value is -1.60. The summed E-state index contributed by atoms with van der Waals surface area (Å²) in [6, 6.07) is 5.29. The van der Waals surface area contributed by atoms with Crippen LogP contribution in [-0.4, -0.2) is 52.6 Å². The smallest absolute Gasteiger partial charge is 0.389 e. The van der Waals surface area contributed by atoms with Gasteiger partial charge in [-0.15, -0.1) is 0 Å². The van der Waals surface area contributed by atoms with Crippen LogP contribution in [0.4, 0.5) is 13.2 Å². The van der Waals surface area contributed by atoms with Gasteiger partial charge in [-0.3, -0.25) is 9.69 Å². The summed E-state index contributed by atoms with van der Waals surface area (Å²) in [7, 11) is 0. The number of aliphatic hydroxyl groups is 1. The molecule has 1 saturated carbocycles. The van der Waals surface area contributed by atoms with Gasteiger partial charge in [-0.2, -0.15) is 13.2 Å². The van der Waals surface area contributed by atoms with Crippen molar-refractivity contribution in [3.8, 4) is 0 Å². The number of carbonyl (C=O) groups is 1. The quantitative estimate of drug-likeness (QED) is 0.853. The molecule has 3 fully saturated rings. The van der Waals surface area contributed by atoms with Gasteiger partial charge in [0.25, 0.3) is 0 Å². The Morgan fingerprint density at radius 1 is 1.11 bits per heavy atom. The fraction of sp³-hybridized carbons (Fsp3) is 0.667. The van der Waals surface area contributed by atoms with E-state index in [4.69, 9.17) is 0 Å². The largest absolute Gasteiger partial charge is 0.416 e. The number of amides is 1. The molecular weight excluding hydrogens is 369 g/mol. The molecule has 3 aliphatic rings. The molecule has 0 unspecified atom stereocenters. The van der Waals surface area contributed by atoms with Gasteiger partial charge < -0.3 is 10.0 Å². The number of likely N-dealkylation sites (tertiary alicyclic amines) is 2. The highest BCUT2D eigenvalue weighted by Gasteiger charge is 2.46. The molecule has 1 N–H and O–H groups in total. The predicted octanol–water partition coefficient (Wildman–Crippen LogP) is 3.29. The lowest BCUT2D eigenvalue weighted by molar-refractivity contribution is -0.153. The third-order valence-corrected chi connectivity index (χ3v) is 6.81. The number of fused-ring (bicyclic) bond motifs is 1. The number of hydrogen-bond acceptors (Lipinski definition) is 3. The van der Waals surface area contributed by atoms with Gasteiger partial charge in [0.15, 0.2) is 0 Å². The van der Waals surface area contributed by atoms with E-state index >= 15 is 0 Å². The van der Waals surface area contributed by atoms with Crippen LogP contribution in [0.15, 0.2) is 24.3 Å². The lowest BCUT2D eigenvalue weighted by Crippen LogP contribution is -2.61. The van der Waals surface area contributed by atoms with Gasteiger partial charge in [-0.1, -0.05) is 18.6 Å². The van der Waals surface area contributed by atoms with Crippen molar-refractivity contribution in [2.45, 2.75) is 50.4 Å². The van der Waals surface area contributed by atoms with Crippen LogP contribution < -0.4 is 0 Å². The Morgan fingerprint density at radius 3 is 2.39 bits per heavy atom. The van der Waals surface area contributed by atoms with Gasteiger partial charge in [-0.05, 0) is 43.4 Å². The van der Waals surface area contributed by atoms with Crippen molar-refractivity contribution >= 4 is 5.91 Å². The van der Waals surface area contributed by atoms with E-state index in [0.29, 0.717) is 45.6 Å². The standard InChI is InChI=1S/C21H27F3N2O2/c22-21(23,24)17-6-4-15(5-7-17)12-25-10-8-20(28)9-11-26(14-18(20)13-25)19(27)16-2-1-3-16/h4-7,16,18,28H,1-3,8-14H2/t18-,20-/m0/s1. The van der Waals surface area contributed by atoms with Crippen LogP contribution >= 0.6 is 0 Å². The van der Waals surface area contributed by atoms with Crippen molar-refractivity contribution in [3.05, 3.63) is 35.4 Å². The number of alkyl halides is 3. The monoisotopic (exact) mass is 396 g/mol. The average molecular weight is 396 g/mol. The van der Waals surface area contributed by atoms with Crippen LogP contribution in [0.3, 0.4) is 0 Å². The highest BCUT2D eigenvalue weighted by atomic mass is 19.4. The average Bonchev–Trinajstić information content (AvgIpc) is 2.60. The highest BCUT2D eigenvalue weighted by molar-refractivity contribution is 5.79. The Bertz CT molecular complexity index is 717. The Balaban J connectivity index is 1.38. The fourth-order valence-corrected chi connectivity index (χ4v) is 4.69. The summed E-state index contributed by atoms with van der Waals surface area (Å²) < 4.78 is 38.2. The first-order chi connectivity index (χ1) is 13.2. The first-order valence-electron chi connectivity index (χ1n) is 10.1. The van der Waals surface area contributed by atoms with Crippen LogP contribution in [0, 0.1) is 11.8 Å². The third kappa shape index (κ3) is 3.92. The van der Waals surface area contributed by atoms with E-state index in [-0.39, 0.29) is 17.7 Å². The minimum Gasteiger partial charge on any atom is -0.389 e. The normalized spacial score (nSPS) is 29.3. The molecule has 2 atom stereocenters. The van der Waals surface area contributed by atoms with Crippen molar-refractivity contribution in [1.82, 2.24) is 9.80 Å². The molecule has 2 saturated heterocycles. The maximum Gasteiger partial charge on any atom is 0.416 e. The molecule has 154 valence electrons. The van der Waals surface area contributed by atoms with E-state index in [1.165, 1.54) is 12.1 Å². The summed E-state index contributed by atoms with van der Waals surface area (Å²) in [5.74, 6) is 0.389. The highest BCUT2D eigenvalue weighted by Crippen LogP contribution is 2.38. The van der Waals surface area contributed by atoms with Gasteiger partial charge >= 0.3 is 6.18 Å². The zero-order valence-corrected chi connectivity index (χ0v) is 15.9. The van der Waals surface area contributed by atoms with Crippen LogP contribution in [0.1, 0.15) is 43.2 Å². The summed E-state index contributed by atoms with van der Waals surface area (Å²) in [4.78, 5) is 16.7. The molecule has 7 heteroatoms. The summed E-state index contributed by atoms with van der Waals surface area (Å²) >= 11 is 0. The second-order valence-corrected chi connectivity index (χ2v) is 8.64. The number of carbonyl (C=O) groups excluding carboxylic acids is 1. The van der Waals surface area contributed by atoms with Crippen molar-refractivity contribution in [2.24, 2.45) is 11.8 Å². The minimum atomic E-state index is -4.32. The number of rotatable bonds is 3. The van der Waals surface area contributed by atoms with Crippen molar-refractivity contribution in [3.63, 3.8) is 0 Å². The predicted molar refractivity (Wildman–Crippen MR) is 98.3 cm³/mol. The molecule has 4 rings (SSSR count). The molecule has 0 radical (unpaired) electrons. The second-order valence-electron chi connectivity index (χ2n) is 8.64. The number of nitrogens with zero attached hydrogens (tertiary/aromatic N) is 2. The first-order valence-corrected chi connectivity index (χ1v) is 10.1. The lowest BCUT2D eigenvalue weighted by atomic mass is 9.74. The van der Waals surface area contributed by atoms with Crippen LogP contribution in [0.25, 0.3) is 0 Å². The van der Waals surface area contributed by atoms with Crippen molar-refractivity contribution < 1.29 is 23.1 Å². The summed E-state index contributed by atoms with van der Waals surface area (Å²) in [5, 5.41) is 11.0. The molecule has 2 heterocycles.